The van der Waals surface area contributed by atoms with Crippen molar-refractivity contribution >= 4 is 50.1 Å². The van der Waals surface area contributed by atoms with Crippen molar-refractivity contribution in [3.05, 3.63) is 46.9 Å². The van der Waals surface area contributed by atoms with Crippen LogP contribution in [0.3, 0.4) is 0 Å². The van der Waals surface area contributed by atoms with Crippen molar-refractivity contribution in [1.29, 1.82) is 0 Å². The number of piperidine rings is 1. The lowest BCUT2D eigenvalue weighted by atomic mass is 9.98. The highest BCUT2D eigenvalue weighted by Crippen LogP contribution is 2.33. The lowest BCUT2D eigenvalue weighted by Gasteiger charge is -2.29. The van der Waals surface area contributed by atoms with Crippen LogP contribution in [0.15, 0.2) is 41.1 Å². The van der Waals surface area contributed by atoms with Crippen molar-refractivity contribution in [2.75, 3.05) is 30.7 Å². The quantitative estimate of drug-likeness (QED) is 0.447. The molecule has 0 atom stereocenters. The van der Waals surface area contributed by atoms with Gasteiger partial charge in [-0.25, -0.2) is 19.2 Å². The number of anilines is 3. The highest BCUT2D eigenvalue weighted by molar-refractivity contribution is 9.10. The summed E-state index contributed by atoms with van der Waals surface area (Å²) in [4.78, 5) is 21.0. The molecule has 8 nitrogen and oxygen atoms in total. The standard InChI is InChI=1S/C21H21BrFN5O3/c22-13-1-2-17(15(23)7-13)27-20-14-8-16(24)19(9-18(14)25-11-26-20)31-10-12-3-5-28(6-4-12)21(29)30/h1-2,7-9,11-12H,3-6,10,24H2,(H,29,30)(H,25,26,27). The number of aromatic nitrogens is 2. The lowest BCUT2D eigenvalue weighted by Crippen LogP contribution is -2.38. The van der Waals surface area contributed by atoms with E-state index >= 15 is 0 Å². The molecule has 1 aromatic heterocycles. The molecule has 162 valence electrons. The van der Waals surface area contributed by atoms with Crippen molar-refractivity contribution in [2.24, 2.45) is 5.92 Å². The summed E-state index contributed by atoms with van der Waals surface area (Å²) in [6, 6.07) is 8.16. The second kappa shape index (κ2) is 8.93. The monoisotopic (exact) mass is 489 g/mol. The topological polar surface area (TPSA) is 114 Å². The third-order valence-electron chi connectivity index (χ3n) is 5.31. The van der Waals surface area contributed by atoms with Crippen LogP contribution in [0.5, 0.6) is 5.75 Å². The molecule has 3 aromatic rings. The van der Waals surface area contributed by atoms with Gasteiger partial charge in [0.15, 0.2) is 0 Å². The Bertz CT molecular complexity index is 1120. The fraction of sp³-hybridized carbons (Fsp3) is 0.286. The first kappa shape index (κ1) is 21.1. The van der Waals surface area contributed by atoms with Crippen LogP contribution < -0.4 is 15.8 Å². The summed E-state index contributed by atoms with van der Waals surface area (Å²) in [5.74, 6) is 0.787. The molecule has 0 radical (unpaired) electrons. The van der Waals surface area contributed by atoms with E-state index in [1.54, 1.807) is 24.3 Å². The highest BCUT2D eigenvalue weighted by Gasteiger charge is 2.23. The van der Waals surface area contributed by atoms with E-state index in [1.807, 2.05) is 0 Å². The number of carbonyl (C=O) groups is 1. The van der Waals surface area contributed by atoms with Crippen LogP contribution in [0, 0.1) is 11.7 Å². The maximum Gasteiger partial charge on any atom is 0.407 e. The number of hydrogen-bond acceptors (Lipinski definition) is 6. The Morgan fingerprint density at radius 3 is 2.77 bits per heavy atom. The Morgan fingerprint density at radius 1 is 1.29 bits per heavy atom. The van der Waals surface area contributed by atoms with Crippen LogP contribution in [0.2, 0.25) is 0 Å². The molecule has 4 N–H and O–H groups in total. The first-order chi connectivity index (χ1) is 14.9. The van der Waals surface area contributed by atoms with Gasteiger partial charge in [0.1, 0.15) is 23.7 Å². The smallest absolute Gasteiger partial charge is 0.407 e. The third kappa shape index (κ3) is 4.79. The number of amides is 1. The molecule has 2 heterocycles. The second-order valence-corrected chi connectivity index (χ2v) is 8.32. The van der Waals surface area contributed by atoms with Crippen LogP contribution in [0.25, 0.3) is 10.9 Å². The van der Waals surface area contributed by atoms with E-state index in [9.17, 15) is 9.18 Å². The van der Waals surface area contributed by atoms with E-state index in [2.05, 4.69) is 31.2 Å². The number of carboxylic acid groups (broad SMARTS) is 1. The molecular weight excluding hydrogens is 469 g/mol. The minimum absolute atomic E-state index is 0.258. The zero-order valence-corrected chi connectivity index (χ0v) is 18.1. The van der Waals surface area contributed by atoms with Crippen molar-refractivity contribution in [2.45, 2.75) is 12.8 Å². The first-order valence-corrected chi connectivity index (χ1v) is 10.6. The van der Waals surface area contributed by atoms with Crippen LogP contribution in [0.1, 0.15) is 12.8 Å². The van der Waals surface area contributed by atoms with E-state index in [0.717, 1.165) is 12.8 Å². The molecule has 1 aliphatic heterocycles. The van der Waals surface area contributed by atoms with Crippen LogP contribution in [0.4, 0.5) is 26.4 Å². The maximum atomic E-state index is 14.2. The minimum atomic E-state index is -0.884. The molecule has 1 aliphatic rings. The highest BCUT2D eigenvalue weighted by atomic mass is 79.9. The number of halogens is 2. The van der Waals surface area contributed by atoms with Crippen molar-refractivity contribution in [1.82, 2.24) is 14.9 Å². The van der Waals surface area contributed by atoms with Gasteiger partial charge in [0.05, 0.1) is 23.5 Å². The fourth-order valence-corrected chi connectivity index (χ4v) is 3.88. The molecule has 1 fully saturated rings. The molecule has 0 bridgehead atoms. The van der Waals surface area contributed by atoms with Crippen LogP contribution in [-0.4, -0.2) is 45.8 Å². The molecule has 2 aromatic carbocycles. The van der Waals surface area contributed by atoms with Crippen LogP contribution in [-0.2, 0) is 0 Å². The van der Waals surface area contributed by atoms with Gasteiger partial charge < -0.3 is 25.8 Å². The predicted octanol–water partition coefficient (Wildman–Crippen LogP) is 4.63. The summed E-state index contributed by atoms with van der Waals surface area (Å²) in [6.07, 6.45) is 2.00. The first-order valence-electron chi connectivity index (χ1n) is 9.77. The van der Waals surface area contributed by atoms with E-state index in [1.165, 1.54) is 17.3 Å². The van der Waals surface area contributed by atoms with Gasteiger partial charge in [-0.2, -0.15) is 0 Å². The molecule has 4 rings (SSSR count). The Hall–Kier alpha value is -3.14. The summed E-state index contributed by atoms with van der Waals surface area (Å²) in [5.41, 5.74) is 7.52. The molecular formula is C21H21BrFN5O3. The average molecular weight is 490 g/mol. The molecule has 1 amide bonds. The number of ether oxygens (including phenoxy) is 1. The lowest BCUT2D eigenvalue weighted by molar-refractivity contribution is 0.112. The minimum Gasteiger partial charge on any atom is -0.491 e. The van der Waals surface area contributed by atoms with Crippen molar-refractivity contribution in [3.8, 4) is 5.75 Å². The Morgan fingerprint density at radius 2 is 2.06 bits per heavy atom. The predicted molar refractivity (Wildman–Crippen MR) is 119 cm³/mol. The fourth-order valence-electron chi connectivity index (χ4n) is 3.54. The van der Waals surface area contributed by atoms with Crippen molar-refractivity contribution < 1.29 is 19.0 Å². The number of nitrogens with zero attached hydrogens (tertiary/aromatic N) is 3. The second-order valence-electron chi connectivity index (χ2n) is 7.40. The van der Waals surface area contributed by atoms with Gasteiger partial charge in [-0.1, -0.05) is 15.9 Å². The molecule has 0 saturated carbocycles. The molecule has 0 unspecified atom stereocenters. The Kier molecular flexibility index (Phi) is 6.08. The number of nitrogens with two attached hydrogens (primary N) is 1. The van der Waals surface area contributed by atoms with Gasteiger partial charge in [-0.05, 0) is 43.0 Å². The number of hydrogen-bond donors (Lipinski definition) is 3. The SMILES string of the molecule is Nc1cc2c(Nc3ccc(Br)cc3F)ncnc2cc1OCC1CCN(C(=O)O)CC1. The van der Waals surface area contributed by atoms with Gasteiger partial charge in [0.25, 0.3) is 0 Å². The molecule has 10 heteroatoms. The number of benzene rings is 2. The van der Waals surface area contributed by atoms with E-state index in [-0.39, 0.29) is 11.6 Å². The zero-order valence-electron chi connectivity index (χ0n) is 16.5. The number of nitrogen functional groups attached to an aromatic ring is 1. The summed E-state index contributed by atoms with van der Waals surface area (Å²) in [7, 11) is 0. The Labute approximate surface area is 186 Å². The van der Waals surface area contributed by atoms with E-state index < -0.39 is 11.9 Å². The van der Waals surface area contributed by atoms with Crippen LogP contribution >= 0.6 is 15.9 Å². The maximum absolute atomic E-state index is 14.2. The normalized spacial score (nSPS) is 14.6. The van der Waals surface area contributed by atoms with Gasteiger partial charge in [-0.15, -0.1) is 0 Å². The van der Waals surface area contributed by atoms with Gasteiger partial charge in [0, 0.05) is 29.0 Å². The third-order valence-corrected chi connectivity index (χ3v) is 5.80. The number of fused-ring (bicyclic) bond motifs is 1. The summed E-state index contributed by atoms with van der Waals surface area (Å²) >= 11 is 3.24. The molecule has 31 heavy (non-hydrogen) atoms. The molecule has 0 aliphatic carbocycles. The largest absolute Gasteiger partial charge is 0.491 e. The van der Waals surface area contributed by atoms with Gasteiger partial charge in [-0.3, -0.25) is 0 Å². The molecule has 1 saturated heterocycles. The van der Waals surface area contributed by atoms with E-state index in [4.69, 9.17) is 15.6 Å². The summed E-state index contributed by atoms with van der Waals surface area (Å²) in [6.45, 7) is 1.46. The van der Waals surface area contributed by atoms with E-state index in [0.29, 0.717) is 52.3 Å². The zero-order chi connectivity index (χ0) is 22.0. The number of rotatable bonds is 5. The summed E-state index contributed by atoms with van der Waals surface area (Å²) in [5, 5.41) is 12.7. The van der Waals surface area contributed by atoms with Gasteiger partial charge in [0.2, 0.25) is 0 Å². The van der Waals surface area contributed by atoms with Gasteiger partial charge >= 0.3 is 6.09 Å². The Balaban J connectivity index is 1.49. The average Bonchev–Trinajstić information content (AvgIpc) is 2.75. The molecule has 0 spiro atoms. The number of likely N-dealkylation sites (tertiary alicyclic amines) is 1. The summed E-state index contributed by atoms with van der Waals surface area (Å²) < 4.78 is 20.8. The van der Waals surface area contributed by atoms with Crippen molar-refractivity contribution in [3.63, 3.8) is 0 Å². The number of nitrogens with one attached hydrogen (secondary N) is 1.